The van der Waals surface area contributed by atoms with E-state index in [2.05, 4.69) is 11.8 Å². The van der Waals surface area contributed by atoms with Gasteiger partial charge in [-0.1, -0.05) is 19.8 Å². The highest BCUT2D eigenvalue weighted by atomic mass is 16.2. The van der Waals surface area contributed by atoms with Gasteiger partial charge in [0.05, 0.1) is 0 Å². The third-order valence-corrected chi connectivity index (χ3v) is 9.69. The van der Waals surface area contributed by atoms with Crippen LogP contribution in [0.2, 0.25) is 0 Å². The Hall–Kier alpha value is -1.59. The van der Waals surface area contributed by atoms with Crippen molar-refractivity contribution in [2.45, 2.75) is 90.0 Å². The molecule has 2 atom stereocenters. The zero-order valence-corrected chi connectivity index (χ0v) is 20.8. The van der Waals surface area contributed by atoms with Crippen LogP contribution in [0.5, 0.6) is 0 Å². The molecule has 4 aliphatic carbocycles. The van der Waals surface area contributed by atoms with Crippen LogP contribution in [0.25, 0.3) is 0 Å². The molecule has 6 heteroatoms. The van der Waals surface area contributed by atoms with Gasteiger partial charge in [-0.2, -0.15) is 0 Å². The maximum Gasteiger partial charge on any atom is 0.228 e. The number of piperazine rings is 1. The highest BCUT2D eigenvalue weighted by molar-refractivity contribution is 5.85. The van der Waals surface area contributed by atoms with Crippen molar-refractivity contribution in [2.75, 3.05) is 33.2 Å². The van der Waals surface area contributed by atoms with E-state index in [9.17, 15) is 14.4 Å². The monoisotopic (exact) mass is 457 g/mol. The molecule has 0 aromatic heterocycles. The molecule has 6 nitrogen and oxygen atoms in total. The molecule has 5 rings (SSSR count). The van der Waals surface area contributed by atoms with Gasteiger partial charge in [-0.15, -0.1) is 0 Å². The van der Waals surface area contributed by atoms with E-state index in [1.54, 1.807) is 0 Å². The van der Waals surface area contributed by atoms with Crippen molar-refractivity contribution >= 4 is 17.7 Å². The quantitative estimate of drug-likeness (QED) is 0.633. The largest absolute Gasteiger partial charge is 0.343 e. The predicted octanol–water partition coefficient (Wildman–Crippen LogP) is 3.69. The average molecular weight is 458 g/mol. The van der Waals surface area contributed by atoms with Crippen molar-refractivity contribution in [3.8, 4) is 0 Å². The number of hydrogen-bond acceptors (Lipinski definition) is 3. The normalized spacial score (nSPS) is 34.0. The van der Waals surface area contributed by atoms with Gasteiger partial charge in [0.1, 0.15) is 0 Å². The fraction of sp³-hybridized carbons (Fsp3) is 0.889. The van der Waals surface area contributed by atoms with E-state index < -0.39 is 0 Å². The van der Waals surface area contributed by atoms with Crippen LogP contribution in [-0.2, 0) is 14.4 Å². The molecule has 1 heterocycles. The van der Waals surface area contributed by atoms with Gasteiger partial charge in [-0.3, -0.25) is 14.4 Å². The van der Waals surface area contributed by atoms with E-state index in [4.69, 9.17) is 0 Å². The number of amides is 3. The summed E-state index contributed by atoms with van der Waals surface area (Å²) in [7, 11) is 2.03. The van der Waals surface area contributed by atoms with Crippen LogP contribution >= 0.6 is 0 Å². The zero-order valence-electron chi connectivity index (χ0n) is 20.8. The summed E-state index contributed by atoms with van der Waals surface area (Å²) in [6.07, 6.45) is 13.4. The predicted molar refractivity (Wildman–Crippen MR) is 127 cm³/mol. The SMILES string of the molecule is CN(C(=O)C1CC1)C1CCCC(C2CCC(C(=O)N3CCN(C(=O)C4(C)CC4)CC3)CC2)C1. The van der Waals surface area contributed by atoms with Crippen LogP contribution < -0.4 is 0 Å². The van der Waals surface area contributed by atoms with E-state index in [1.807, 2.05) is 16.8 Å². The molecule has 184 valence electrons. The number of carbonyl (C=O) groups is 3. The van der Waals surface area contributed by atoms with E-state index in [1.165, 1.54) is 12.8 Å². The molecule has 3 amide bonds. The Kier molecular flexibility index (Phi) is 6.47. The summed E-state index contributed by atoms with van der Waals surface area (Å²) in [5, 5.41) is 0. The molecule has 0 aromatic rings. The summed E-state index contributed by atoms with van der Waals surface area (Å²) < 4.78 is 0. The third kappa shape index (κ3) is 4.95. The van der Waals surface area contributed by atoms with Crippen LogP contribution in [0.15, 0.2) is 0 Å². The average Bonchev–Trinajstić information content (AvgIpc) is 3.79. The molecule has 0 aromatic carbocycles. The second kappa shape index (κ2) is 9.22. The first-order chi connectivity index (χ1) is 15.9. The maximum atomic E-state index is 13.2. The van der Waals surface area contributed by atoms with Crippen LogP contribution in [0, 0.1) is 29.1 Å². The zero-order chi connectivity index (χ0) is 23.2. The Balaban J connectivity index is 1.07. The number of nitrogens with zero attached hydrogens (tertiary/aromatic N) is 3. The number of rotatable bonds is 5. The van der Waals surface area contributed by atoms with Crippen LogP contribution in [0.4, 0.5) is 0 Å². The summed E-state index contributed by atoms with van der Waals surface area (Å²) in [4.78, 5) is 44.4. The summed E-state index contributed by atoms with van der Waals surface area (Å²) >= 11 is 0. The fourth-order valence-corrected chi connectivity index (χ4v) is 6.79. The molecule has 33 heavy (non-hydrogen) atoms. The van der Waals surface area contributed by atoms with Gasteiger partial charge >= 0.3 is 0 Å². The molecule has 0 radical (unpaired) electrons. The lowest BCUT2D eigenvalue weighted by molar-refractivity contribution is -0.145. The topological polar surface area (TPSA) is 60.9 Å². The molecule has 5 aliphatic rings. The van der Waals surface area contributed by atoms with Crippen LogP contribution in [-0.4, -0.2) is 71.7 Å². The highest BCUT2D eigenvalue weighted by Crippen LogP contribution is 2.47. The third-order valence-electron chi connectivity index (χ3n) is 9.69. The lowest BCUT2D eigenvalue weighted by Gasteiger charge is -2.42. The molecule has 5 fully saturated rings. The van der Waals surface area contributed by atoms with Crippen molar-refractivity contribution in [3.05, 3.63) is 0 Å². The Bertz CT molecular complexity index is 759. The molecule has 4 saturated carbocycles. The van der Waals surface area contributed by atoms with Gasteiger partial charge in [-0.25, -0.2) is 0 Å². The molecule has 1 saturated heterocycles. The minimum atomic E-state index is -0.108. The Morgan fingerprint density at radius 3 is 1.97 bits per heavy atom. The Morgan fingerprint density at radius 2 is 1.36 bits per heavy atom. The number of hydrogen-bond donors (Lipinski definition) is 0. The van der Waals surface area contributed by atoms with Crippen molar-refractivity contribution < 1.29 is 14.4 Å². The molecular formula is C27H43N3O3. The molecule has 0 N–H and O–H groups in total. The van der Waals surface area contributed by atoms with Crippen molar-refractivity contribution in [2.24, 2.45) is 29.1 Å². The number of carbonyl (C=O) groups excluding carboxylic acids is 3. The van der Waals surface area contributed by atoms with Gasteiger partial charge in [-0.05, 0) is 76.0 Å². The van der Waals surface area contributed by atoms with Crippen molar-refractivity contribution in [1.29, 1.82) is 0 Å². The Labute approximate surface area is 199 Å². The first-order valence-corrected chi connectivity index (χ1v) is 13.7. The van der Waals surface area contributed by atoms with Crippen LogP contribution in [0.3, 0.4) is 0 Å². The van der Waals surface area contributed by atoms with Gasteiger partial charge in [0.25, 0.3) is 0 Å². The second-order valence-electron chi connectivity index (χ2n) is 12.1. The van der Waals surface area contributed by atoms with Crippen molar-refractivity contribution in [3.63, 3.8) is 0 Å². The van der Waals surface area contributed by atoms with Crippen LogP contribution in [0.1, 0.15) is 84.0 Å². The molecule has 0 bridgehead atoms. The van der Waals surface area contributed by atoms with Gasteiger partial charge in [0.2, 0.25) is 17.7 Å². The summed E-state index contributed by atoms with van der Waals surface area (Å²) in [5.74, 6) is 2.92. The lowest BCUT2D eigenvalue weighted by atomic mass is 9.69. The maximum absolute atomic E-state index is 13.2. The van der Waals surface area contributed by atoms with Gasteiger partial charge < -0.3 is 14.7 Å². The first-order valence-electron chi connectivity index (χ1n) is 13.7. The summed E-state index contributed by atoms with van der Waals surface area (Å²) in [5.41, 5.74) is -0.108. The molecule has 2 unspecified atom stereocenters. The lowest BCUT2D eigenvalue weighted by Crippen LogP contribution is -2.53. The van der Waals surface area contributed by atoms with E-state index >= 15 is 0 Å². The fourth-order valence-electron chi connectivity index (χ4n) is 6.79. The van der Waals surface area contributed by atoms with Gasteiger partial charge in [0.15, 0.2) is 0 Å². The molecule has 0 spiro atoms. The van der Waals surface area contributed by atoms with E-state index in [-0.39, 0.29) is 11.3 Å². The summed E-state index contributed by atoms with van der Waals surface area (Å²) in [6, 6.07) is 0.424. The smallest absolute Gasteiger partial charge is 0.228 e. The van der Waals surface area contributed by atoms with Crippen molar-refractivity contribution in [1.82, 2.24) is 14.7 Å². The molecular weight excluding hydrogens is 414 g/mol. The standard InChI is InChI=1S/C27H43N3O3/c1-27(12-13-27)26(33)30-16-14-29(15-17-30)25(32)21-8-6-19(7-9-21)22-4-3-5-23(18-22)28(2)24(31)20-10-11-20/h19-23H,3-18H2,1-2H3. The first kappa shape index (κ1) is 23.2. The minimum Gasteiger partial charge on any atom is -0.343 e. The molecule has 1 aliphatic heterocycles. The Morgan fingerprint density at radius 1 is 0.758 bits per heavy atom. The van der Waals surface area contributed by atoms with E-state index in [0.717, 1.165) is 70.1 Å². The van der Waals surface area contributed by atoms with Gasteiger partial charge in [0, 0.05) is 56.5 Å². The van der Waals surface area contributed by atoms with E-state index in [0.29, 0.717) is 61.8 Å². The highest BCUT2D eigenvalue weighted by Gasteiger charge is 2.47. The second-order valence-corrected chi connectivity index (χ2v) is 12.1. The summed E-state index contributed by atoms with van der Waals surface area (Å²) in [6.45, 7) is 4.87. The minimum absolute atomic E-state index is 0.108.